The van der Waals surface area contributed by atoms with Gasteiger partial charge in [-0.1, -0.05) is 31.5 Å². The number of hydrogen-bond acceptors (Lipinski definition) is 1. The number of rotatable bonds is 4. The average molecular weight is 241 g/mol. The van der Waals surface area contributed by atoms with E-state index in [0.717, 1.165) is 5.56 Å². The van der Waals surface area contributed by atoms with E-state index in [1.54, 1.807) is 27.7 Å². The van der Waals surface area contributed by atoms with Crippen LogP contribution in [0.25, 0.3) is 0 Å². The van der Waals surface area contributed by atoms with E-state index in [4.69, 9.17) is 0 Å². The second-order valence-electron chi connectivity index (χ2n) is 4.49. The van der Waals surface area contributed by atoms with Crippen molar-refractivity contribution in [3.63, 3.8) is 0 Å². The monoisotopic (exact) mass is 241 g/mol. The Bertz CT molecular complexity index is 372. The Morgan fingerprint density at radius 2 is 1.41 bits per heavy atom. The number of hydrogen-bond donors (Lipinski definition) is 0. The SMILES string of the molecule is CCN(CC)C(F)(F)c1c(C)cc(C)cc1C. The van der Waals surface area contributed by atoms with Crippen molar-refractivity contribution in [3.8, 4) is 0 Å². The normalized spacial score (nSPS) is 12.2. The average Bonchev–Trinajstić information content (AvgIpc) is 2.16. The molecule has 96 valence electrons. The third-order valence-corrected chi connectivity index (χ3v) is 3.14. The molecule has 0 bridgehead atoms. The molecule has 1 rings (SSSR count). The Kier molecular flexibility index (Phi) is 4.26. The molecule has 0 fully saturated rings. The number of aryl methyl sites for hydroxylation is 3. The first-order valence-corrected chi connectivity index (χ1v) is 6.05. The largest absolute Gasteiger partial charge is 0.332 e. The molecular weight excluding hydrogens is 220 g/mol. The zero-order valence-corrected chi connectivity index (χ0v) is 11.3. The van der Waals surface area contributed by atoms with Gasteiger partial charge in [-0.05, 0) is 31.9 Å². The Morgan fingerprint density at radius 3 is 1.76 bits per heavy atom. The minimum atomic E-state index is -2.88. The summed E-state index contributed by atoms with van der Waals surface area (Å²) in [6.45, 7) is 9.65. The predicted octanol–water partition coefficient (Wildman–Crippen LogP) is 4.00. The first-order chi connectivity index (χ1) is 7.84. The zero-order valence-electron chi connectivity index (χ0n) is 11.3. The molecule has 1 aromatic rings. The topological polar surface area (TPSA) is 3.24 Å². The number of alkyl halides is 2. The molecule has 0 aliphatic carbocycles. The van der Waals surface area contributed by atoms with Crippen LogP contribution in [0.2, 0.25) is 0 Å². The molecule has 0 N–H and O–H groups in total. The van der Waals surface area contributed by atoms with Gasteiger partial charge in [0.05, 0.1) is 0 Å². The van der Waals surface area contributed by atoms with Gasteiger partial charge in [-0.3, -0.25) is 0 Å². The molecule has 0 atom stereocenters. The lowest BCUT2D eigenvalue weighted by Gasteiger charge is -2.31. The van der Waals surface area contributed by atoms with Gasteiger partial charge in [0.15, 0.2) is 0 Å². The predicted molar refractivity (Wildman–Crippen MR) is 67.5 cm³/mol. The highest BCUT2D eigenvalue weighted by atomic mass is 19.3. The summed E-state index contributed by atoms with van der Waals surface area (Å²) in [4.78, 5) is 1.19. The number of nitrogens with zero attached hydrogens (tertiary/aromatic N) is 1. The summed E-state index contributed by atoms with van der Waals surface area (Å²) < 4.78 is 28.8. The van der Waals surface area contributed by atoms with Crippen molar-refractivity contribution in [1.29, 1.82) is 0 Å². The smallest absolute Gasteiger partial charge is 0.241 e. The van der Waals surface area contributed by atoms with E-state index in [-0.39, 0.29) is 5.56 Å². The molecule has 0 heterocycles. The number of halogens is 2. The summed E-state index contributed by atoms with van der Waals surface area (Å²) in [5.41, 5.74) is 2.52. The first-order valence-electron chi connectivity index (χ1n) is 6.05. The molecule has 0 unspecified atom stereocenters. The van der Waals surface area contributed by atoms with E-state index in [1.165, 1.54) is 4.90 Å². The quantitative estimate of drug-likeness (QED) is 0.720. The van der Waals surface area contributed by atoms with Crippen LogP contribution in [0, 0.1) is 20.8 Å². The minimum absolute atomic E-state index is 0.159. The van der Waals surface area contributed by atoms with Crippen LogP contribution < -0.4 is 0 Å². The maximum Gasteiger partial charge on any atom is 0.332 e. The summed E-state index contributed by atoms with van der Waals surface area (Å²) in [5, 5.41) is 0. The van der Waals surface area contributed by atoms with E-state index in [2.05, 4.69) is 0 Å². The van der Waals surface area contributed by atoms with Gasteiger partial charge in [-0.15, -0.1) is 0 Å². The molecule has 0 aliphatic rings. The van der Waals surface area contributed by atoms with Gasteiger partial charge in [0.2, 0.25) is 0 Å². The fourth-order valence-electron chi connectivity index (χ4n) is 2.43. The van der Waals surface area contributed by atoms with Crippen LogP contribution in [0.1, 0.15) is 36.1 Å². The second kappa shape index (κ2) is 5.13. The lowest BCUT2D eigenvalue weighted by atomic mass is 9.97. The Balaban J connectivity index is 3.32. The van der Waals surface area contributed by atoms with Crippen molar-refractivity contribution in [2.75, 3.05) is 13.1 Å². The van der Waals surface area contributed by atoms with E-state index < -0.39 is 6.05 Å². The highest BCUT2D eigenvalue weighted by Gasteiger charge is 2.39. The molecule has 0 saturated heterocycles. The minimum Gasteiger partial charge on any atom is -0.241 e. The first kappa shape index (κ1) is 14.1. The summed E-state index contributed by atoms with van der Waals surface area (Å²) in [5.74, 6) is 0. The standard InChI is InChI=1S/C14H21F2N/c1-6-17(7-2)14(15,16)13-11(4)8-10(3)9-12(13)5/h8-9H,6-7H2,1-5H3. The maximum atomic E-state index is 14.4. The lowest BCUT2D eigenvalue weighted by Crippen LogP contribution is -2.40. The van der Waals surface area contributed by atoms with Gasteiger partial charge in [0.25, 0.3) is 0 Å². The molecule has 0 radical (unpaired) electrons. The fraction of sp³-hybridized carbons (Fsp3) is 0.571. The second-order valence-corrected chi connectivity index (χ2v) is 4.49. The van der Waals surface area contributed by atoms with Crippen LogP contribution in [0.5, 0.6) is 0 Å². The molecule has 0 spiro atoms. The summed E-state index contributed by atoms with van der Waals surface area (Å²) >= 11 is 0. The maximum absolute atomic E-state index is 14.4. The van der Waals surface area contributed by atoms with Crippen molar-refractivity contribution < 1.29 is 8.78 Å². The fourth-order valence-corrected chi connectivity index (χ4v) is 2.43. The van der Waals surface area contributed by atoms with E-state index >= 15 is 0 Å². The molecule has 1 aromatic carbocycles. The van der Waals surface area contributed by atoms with E-state index in [0.29, 0.717) is 24.2 Å². The van der Waals surface area contributed by atoms with Crippen molar-refractivity contribution >= 4 is 0 Å². The van der Waals surface area contributed by atoms with Crippen molar-refractivity contribution in [2.24, 2.45) is 0 Å². The van der Waals surface area contributed by atoms with Gasteiger partial charge >= 0.3 is 6.05 Å². The molecule has 0 amide bonds. The van der Waals surface area contributed by atoms with Crippen LogP contribution in [0.15, 0.2) is 12.1 Å². The highest BCUT2D eigenvalue weighted by molar-refractivity contribution is 5.40. The zero-order chi connectivity index (χ0) is 13.2. The summed E-state index contributed by atoms with van der Waals surface area (Å²) in [6, 6.07) is 0.755. The Labute approximate surface area is 102 Å². The van der Waals surface area contributed by atoms with Crippen LogP contribution in [-0.4, -0.2) is 18.0 Å². The van der Waals surface area contributed by atoms with Gasteiger partial charge in [-0.2, -0.15) is 8.78 Å². The van der Waals surface area contributed by atoms with Crippen LogP contribution in [0.3, 0.4) is 0 Å². The summed E-state index contributed by atoms with van der Waals surface area (Å²) in [6.07, 6.45) is 0. The Hall–Kier alpha value is -0.960. The molecule has 0 aliphatic heterocycles. The van der Waals surface area contributed by atoms with Gasteiger partial charge in [0.1, 0.15) is 0 Å². The van der Waals surface area contributed by atoms with Gasteiger partial charge in [0, 0.05) is 18.7 Å². The molecule has 17 heavy (non-hydrogen) atoms. The summed E-state index contributed by atoms with van der Waals surface area (Å²) in [7, 11) is 0. The molecule has 0 saturated carbocycles. The molecule has 0 aromatic heterocycles. The highest BCUT2D eigenvalue weighted by Crippen LogP contribution is 2.36. The third kappa shape index (κ3) is 2.65. The molecule has 1 nitrogen and oxygen atoms in total. The molecule has 3 heteroatoms. The van der Waals surface area contributed by atoms with Crippen molar-refractivity contribution in [1.82, 2.24) is 4.90 Å². The van der Waals surface area contributed by atoms with Crippen LogP contribution in [-0.2, 0) is 6.05 Å². The van der Waals surface area contributed by atoms with Crippen LogP contribution >= 0.6 is 0 Å². The van der Waals surface area contributed by atoms with Crippen molar-refractivity contribution in [2.45, 2.75) is 40.7 Å². The van der Waals surface area contributed by atoms with Crippen molar-refractivity contribution in [3.05, 3.63) is 34.4 Å². The lowest BCUT2D eigenvalue weighted by molar-refractivity contribution is -0.151. The van der Waals surface area contributed by atoms with Gasteiger partial charge in [-0.25, -0.2) is 4.90 Å². The van der Waals surface area contributed by atoms with Crippen LogP contribution in [0.4, 0.5) is 8.78 Å². The third-order valence-electron chi connectivity index (χ3n) is 3.14. The van der Waals surface area contributed by atoms with E-state index in [1.807, 2.05) is 19.1 Å². The number of benzene rings is 1. The molecular formula is C14H21F2N. The Morgan fingerprint density at radius 1 is 1.00 bits per heavy atom. The van der Waals surface area contributed by atoms with Gasteiger partial charge < -0.3 is 0 Å². The van der Waals surface area contributed by atoms with E-state index in [9.17, 15) is 8.78 Å².